The number of aryl methyl sites for hydroxylation is 1. The van der Waals surface area contributed by atoms with Gasteiger partial charge in [-0.15, -0.1) is 0 Å². The number of hydrogen-bond donors (Lipinski definition) is 2. The van der Waals surface area contributed by atoms with Crippen LogP contribution in [0.1, 0.15) is 54.4 Å². The summed E-state index contributed by atoms with van der Waals surface area (Å²) in [7, 11) is 0. The van der Waals surface area contributed by atoms with Crippen molar-refractivity contribution in [1.29, 1.82) is 0 Å². The summed E-state index contributed by atoms with van der Waals surface area (Å²) in [4.78, 5) is 27.5. The Balaban J connectivity index is 1.43. The van der Waals surface area contributed by atoms with E-state index < -0.39 is 0 Å². The number of hydrogen-bond acceptors (Lipinski definition) is 4. The average Bonchev–Trinajstić information content (AvgIpc) is 3.16. The highest BCUT2D eigenvalue weighted by molar-refractivity contribution is 5.92. The van der Waals surface area contributed by atoms with E-state index in [1.807, 2.05) is 25.3 Å². The number of para-hydroxylation sites is 1. The first-order chi connectivity index (χ1) is 14.2. The number of fused-ring (bicyclic) bond motifs is 1. The van der Waals surface area contributed by atoms with Gasteiger partial charge in [-0.3, -0.25) is 4.79 Å². The maximum atomic E-state index is 12.7. The number of carbonyl (C=O) groups excluding carboxylic acids is 1. The molecule has 0 bridgehead atoms. The number of anilines is 1. The molecule has 1 unspecified atom stereocenters. The summed E-state index contributed by atoms with van der Waals surface area (Å²) in [6, 6.07) is 10.5. The van der Waals surface area contributed by atoms with Crippen LogP contribution in [0, 0.1) is 6.92 Å². The number of carbonyl (C=O) groups is 1. The van der Waals surface area contributed by atoms with Crippen LogP contribution in [-0.2, 0) is 6.42 Å². The van der Waals surface area contributed by atoms with Crippen molar-refractivity contribution in [3.05, 3.63) is 53.5 Å². The van der Waals surface area contributed by atoms with Gasteiger partial charge in [-0.05, 0) is 56.7 Å². The summed E-state index contributed by atoms with van der Waals surface area (Å²) in [5, 5.41) is 4.23. The lowest BCUT2D eigenvalue weighted by Gasteiger charge is -2.35. The van der Waals surface area contributed by atoms with Crippen molar-refractivity contribution in [3.63, 3.8) is 0 Å². The zero-order valence-electron chi connectivity index (χ0n) is 17.2. The normalized spacial score (nSPS) is 16.9. The Labute approximate surface area is 171 Å². The summed E-state index contributed by atoms with van der Waals surface area (Å²) in [6.07, 6.45) is 7.44. The molecule has 2 N–H and O–H groups in total. The SMILES string of the molecule is CCC1CCCCN1c1nc(C)cc(C(=O)NCCc2c[nH]c3ccccc23)n1. The standard InChI is InChI=1S/C23H29N5O/c1-3-18-8-6-7-13-28(18)23-26-16(2)14-21(27-23)22(29)24-12-11-17-15-25-20-10-5-4-9-19(17)20/h4-5,9-10,14-15,18,25H,3,6-8,11-13H2,1-2H3,(H,24,29). The van der Waals surface area contributed by atoms with Crippen LogP contribution in [0.5, 0.6) is 0 Å². The molecule has 2 aromatic heterocycles. The van der Waals surface area contributed by atoms with Crippen LogP contribution in [0.4, 0.5) is 5.95 Å². The number of aromatic nitrogens is 3. The van der Waals surface area contributed by atoms with E-state index in [0.717, 1.165) is 37.0 Å². The first-order valence-electron chi connectivity index (χ1n) is 10.6. The van der Waals surface area contributed by atoms with E-state index in [9.17, 15) is 4.79 Å². The molecule has 1 aromatic carbocycles. The van der Waals surface area contributed by atoms with E-state index in [2.05, 4.69) is 44.2 Å². The highest BCUT2D eigenvalue weighted by atomic mass is 16.1. The zero-order valence-corrected chi connectivity index (χ0v) is 17.2. The molecule has 29 heavy (non-hydrogen) atoms. The van der Waals surface area contributed by atoms with Crippen LogP contribution < -0.4 is 10.2 Å². The molecule has 6 heteroatoms. The second-order valence-electron chi connectivity index (χ2n) is 7.81. The number of aromatic amines is 1. The molecule has 1 atom stereocenters. The third-order valence-electron chi connectivity index (χ3n) is 5.79. The van der Waals surface area contributed by atoms with Crippen LogP contribution in [-0.4, -0.2) is 40.0 Å². The summed E-state index contributed by atoms with van der Waals surface area (Å²) in [5.41, 5.74) is 3.61. The van der Waals surface area contributed by atoms with Crippen molar-refractivity contribution >= 4 is 22.8 Å². The van der Waals surface area contributed by atoms with E-state index in [1.54, 1.807) is 6.07 Å². The van der Waals surface area contributed by atoms with Gasteiger partial charge in [-0.2, -0.15) is 0 Å². The second kappa shape index (κ2) is 8.64. The number of H-pyrrole nitrogens is 1. The Morgan fingerprint density at radius 3 is 3.00 bits per heavy atom. The summed E-state index contributed by atoms with van der Waals surface area (Å²) in [6.45, 7) is 5.67. The van der Waals surface area contributed by atoms with Gasteiger partial charge in [-0.25, -0.2) is 9.97 Å². The zero-order chi connectivity index (χ0) is 20.2. The highest BCUT2D eigenvalue weighted by Crippen LogP contribution is 2.24. The molecule has 3 heterocycles. The van der Waals surface area contributed by atoms with Gasteiger partial charge in [0.05, 0.1) is 0 Å². The van der Waals surface area contributed by atoms with Crippen LogP contribution in [0.25, 0.3) is 10.9 Å². The summed E-state index contributed by atoms with van der Waals surface area (Å²) < 4.78 is 0. The lowest BCUT2D eigenvalue weighted by molar-refractivity contribution is 0.0949. The maximum absolute atomic E-state index is 12.7. The minimum Gasteiger partial charge on any atom is -0.361 e. The predicted octanol–water partition coefficient (Wildman–Crippen LogP) is 4.01. The molecule has 1 aliphatic heterocycles. The van der Waals surface area contributed by atoms with E-state index in [1.165, 1.54) is 23.8 Å². The van der Waals surface area contributed by atoms with Crippen LogP contribution in [0.15, 0.2) is 36.5 Å². The van der Waals surface area contributed by atoms with Gasteiger partial charge in [-0.1, -0.05) is 25.1 Å². The Hall–Kier alpha value is -2.89. The van der Waals surface area contributed by atoms with E-state index in [-0.39, 0.29) is 5.91 Å². The Kier molecular flexibility index (Phi) is 5.79. The quantitative estimate of drug-likeness (QED) is 0.666. The lowest BCUT2D eigenvalue weighted by Crippen LogP contribution is -2.40. The number of nitrogens with zero attached hydrogens (tertiary/aromatic N) is 3. The first-order valence-corrected chi connectivity index (χ1v) is 10.6. The molecule has 1 amide bonds. The van der Waals surface area contributed by atoms with Crippen LogP contribution in [0.3, 0.4) is 0 Å². The van der Waals surface area contributed by atoms with Gasteiger partial charge in [0.25, 0.3) is 5.91 Å². The van der Waals surface area contributed by atoms with E-state index >= 15 is 0 Å². The van der Waals surface area contributed by atoms with Gasteiger partial charge in [0, 0.05) is 41.9 Å². The first kappa shape index (κ1) is 19.4. The molecule has 0 spiro atoms. The largest absolute Gasteiger partial charge is 0.361 e. The predicted molar refractivity (Wildman–Crippen MR) is 116 cm³/mol. The van der Waals surface area contributed by atoms with Crippen molar-refractivity contribution in [2.24, 2.45) is 0 Å². The van der Waals surface area contributed by atoms with Crippen LogP contribution in [0.2, 0.25) is 0 Å². The fourth-order valence-electron chi connectivity index (χ4n) is 4.23. The minimum atomic E-state index is -0.137. The molecule has 0 saturated carbocycles. The van der Waals surface area contributed by atoms with E-state index in [0.29, 0.717) is 24.2 Å². The van der Waals surface area contributed by atoms with E-state index in [4.69, 9.17) is 0 Å². The number of nitrogens with one attached hydrogen (secondary N) is 2. The van der Waals surface area contributed by atoms with Crippen molar-refractivity contribution in [2.75, 3.05) is 18.0 Å². The Morgan fingerprint density at radius 1 is 1.28 bits per heavy atom. The second-order valence-corrected chi connectivity index (χ2v) is 7.81. The number of benzene rings is 1. The smallest absolute Gasteiger partial charge is 0.270 e. The Morgan fingerprint density at radius 2 is 2.14 bits per heavy atom. The molecule has 0 radical (unpaired) electrons. The van der Waals surface area contributed by atoms with Gasteiger partial charge in [0.1, 0.15) is 5.69 Å². The number of amides is 1. The van der Waals surface area contributed by atoms with Gasteiger partial charge >= 0.3 is 0 Å². The molecular formula is C23H29N5O. The monoisotopic (exact) mass is 391 g/mol. The fraction of sp³-hybridized carbons (Fsp3) is 0.435. The molecule has 3 aromatic rings. The minimum absolute atomic E-state index is 0.137. The third-order valence-corrected chi connectivity index (χ3v) is 5.79. The van der Waals surface area contributed by atoms with Crippen molar-refractivity contribution in [3.8, 4) is 0 Å². The third kappa shape index (κ3) is 4.26. The molecular weight excluding hydrogens is 362 g/mol. The summed E-state index contributed by atoms with van der Waals surface area (Å²) >= 11 is 0. The average molecular weight is 392 g/mol. The molecule has 1 saturated heterocycles. The van der Waals surface area contributed by atoms with Gasteiger partial charge in [0.15, 0.2) is 0 Å². The highest BCUT2D eigenvalue weighted by Gasteiger charge is 2.24. The van der Waals surface area contributed by atoms with Crippen molar-refractivity contribution < 1.29 is 4.79 Å². The molecule has 1 aliphatic rings. The maximum Gasteiger partial charge on any atom is 0.270 e. The number of rotatable bonds is 6. The van der Waals surface area contributed by atoms with Crippen LogP contribution >= 0.6 is 0 Å². The fourth-order valence-corrected chi connectivity index (χ4v) is 4.23. The topological polar surface area (TPSA) is 73.9 Å². The molecule has 6 nitrogen and oxygen atoms in total. The Bertz CT molecular complexity index is 996. The summed E-state index contributed by atoms with van der Waals surface area (Å²) in [5.74, 6) is 0.556. The molecule has 4 rings (SSSR count). The lowest BCUT2D eigenvalue weighted by atomic mass is 10.0. The van der Waals surface area contributed by atoms with Crippen molar-refractivity contribution in [1.82, 2.24) is 20.3 Å². The molecule has 1 fully saturated rings. The van der Waals surface area contributed by atoms with Gasteiger partial charge in [0.2, 0.25) is 5.95 Å². The van der Waals surface area contributed by atoms with Gasteiger partial charge < -0.3 is 15.2 Å². The number of piperidine rings is 1. The molecule has 152 valence electrons. The van der Waals surface area contributed by atoms with Crippen molar-refractivity contribution in [2.45, 2.75) is 52.0 Å². The molecule has 0 aliphatic carbocycles.